The van der Waals surface area contributed by atoms with Crippen LogP contribution in [0.3, 0.4) is 0 Å². The number of hydrogen-bond donors (Lipinski definition) is 0. The minimum absolute atomic E-state index is 0.427. The summed E-state index contributed by atoms with van der Waals surface area (Å²) in [5.74, 6) is 0. The lowest BCUT2D eigenvalue weighted by Crippen LogP contribution is -2.41. The number of rotatable bonds is 1. The number of pyridine rings is 1. The van der Waals surface area contributed by atoms with E-state index in [1.165, 1.54) is 0 Å². The molecule has 0 amide bonds. The lowest BCUT2D eigenvalue weighted by atomic mass is 9.78. The van der Waals surface area contributed by atoms with Crippen molar-refractivity contribution in [3.63, 3.8) is 0 Å². The summed E-state index contributed by atoms with van der Waals surface area (Å²) in [6, 6.07) is 4.08. The Labute approximate surface area is 132 Å². The van der Waals surface area contributed by atoms with Crippen molar-refractivity contribution in [3.8, 4) is 6.07 Å². The van der Waals surface area contributed by atoms with Crippen molar-refractivity contribution in [1.82, 2.24) is 9.61 Å². The van der Waals surface area contributed by atoms with Gasteiger partial charge >= 0.3 is 7.12 Å². The van der Waals surface area contributed by atoms with E-state index in [9.17, 15) is 5.26 Å². The van der Waals surface area contributed by atoms with Crippen molar-refractivity contribution >= 4 is 34.0 Å². The predicted molar refractivity (Wildman–Crippen MR) is 83.3 cm³/mol. The fraction of sp³-hybridized carbons (Fsp3) is 0.429. The standard InChI is InChI=1S/C14H15BBrN3O2/c1-13(2)14(3,4)21-15(20-13)11-5-10(16)8-19-12(11)9(6-17)7-18-19/h5,7-8H,1-4H3. The Morgan fingerprint density at radius 2 is 1.90 bits per heavy atom. The minimum atomic E-state index is -0.529. The molecule has 108 valence electrons. The van der Waals surface area contributed by atoms with Crippen molar-refractivity contribution in [2.45, 2.75) is 38.9 Å². The highest BCUT2D eigenvalue weighted by Gasteiger charge is 2.52. The van der Waals surface area contributed by atoms with Crippen molar-refractivity contribution in [1.29, 1.82) is 5.26 Å². The number of hydrogen-bond acceptors (Lipinski definition) is 4. The Morgan fingerprint density at radius 1 is 1.29 bits per heavy atom. The Bertz CT molecular complexity index is 747. The van der Waals surface area contributed by atoms with Crippen LogP contribution in [0.5, 0.6) is 0 Å². The van der Waals surface area contributed by atoms with Crippen LogP contribution >= 0.6 is 15.9 Å². The van der Waals surface area contributed by atoms with Crippen LogP contribution in [-0.2, 0) is 9.31 Å². The van der Waals surface area contributed by atoms with Gasteiger partial charge in [-0.2, -0.15) is 10.4 Å². The van der Waals surface area contributed by atoms with Crippen molar-refractivity contribution in [2.75, 3.05) is 0 Å². The number of fused-ring (bicyclic) bond motifs is 1. The number of halogens is 1. The van der Waals surface area contributed by atoms with E-state index in [0.717, 1.165) is 15.5 Å². The molecular weight excluding hydrogens is 333 g/mol. The average molecular weight is 348 g/mol. The van der Waals surface area contributed by atoms with Gasteiger partial charge in [0.25, 0.3) is 0 Å². The Morgan fingerprint density at radius 3 is 2.48 bits per heavy atom. The average Bonchev–Trinajstić information content (AvgIpc) is 2.87. The van der Waals surface area contributed by atoms with Crippen LogP contribution in [0.15, 0.2) is 22.9 Å². The minimum Gasteiger partial charge on any atom is -0.399 e. The van der Waals surface area contributed by atoms with Crippen LogP contribution in [-0.4, -0.2) is 27.9 Å². The molecule has 0 aliphatic carbocycles. The van der Waals surface area contributed by atoms with Gasteiger partial charge in [-0.05, 0) is 49.7 Å². The summed E-state index contributed by atoms with van der Waals surface area (Å²) in [5.41, 5.74) is 1.18. The highest BCUT2D eigenvalue weighted by molar-refractivity contribution is 9.10. The molecule has 0 N–H and O–H groups in total. The molecule has 0 saturated carbocycles. The highest BCUT2D eigenvalue weighted by atomic mass is 79.9. The van der Waals surface area contributed by atoms with E-state index in [1.54, 1.807) is 10.7 Å². The number of aromatic nitrogens is 2. The van der Waals surface area contributed by atoms with Crippen molar-refractivity contribution in [3.05, 3.63) is 28.5 Å². The topological polar surface area (TPSA) is 59.5 Å². The molecule has 3 heterocycles. The molecule has 3 rings (SSSR count). The summed E-state index contributed by atoms with van der Waals surface area (Å²) < 4.78 is 14.7. The third-order valence-electron chi connectivity index (χ3n) is 4.24. The number of nitrogens with zero attached hydrogens (tertiary/aromatic N) is 3. The molecule has 7 heteroatoms. The Kier molecular flexibility index (Phi) is 3.17. The quantitative estimate of drug-likeness (QED) is 0.742. The second-order valence-corrected chi connectivity index (χ2v) is 7.08. The van der Waals surface area contributed by atoms with Gasteiger partial charge in [-0.25, -0.2) is 4.52 Å². The molecule has 0 unspecified atom stereocenters. The van der Waals surface area contributed by atoms with Gasteiger partial charge in [0.05, 0.1) is 28.5 Å². The van der Waals surface area contributed by atoms with Gasteiger partial charge < -0.3 is 9.31 Å². The monoisotopic (exact) mass is 347 g/mol. The first kappa shape index (κ1) is 14.6. The predicted octanol–water partition coefficient (Wildman–Crippen LogP) is 2.27. The third kappa shape index (κ3) is 2.18. The smallest absolute Gasteiger partial charge is 0.399 e. The van der Waals surface area contributed by atoms with Gasteiger partial charge in [-0.1, -0.05) is 0 Å². The summed E-state index contributed by atoms with van der Waals surface area (Å²) in [6.45, 7) is 8.01. The second-order valence-electron chi connectivity index (χ2n) is 6.17. The maximum absolute atomic E-state index is 9.27. The highest BCUT2D eigenvalue weighted by Crippen LogP contribution is 2.37. The molecule has 21 heavy (non-hydrogen) atoms. The first-order valence-corrected chi connectivity index (χ1v) is 7.47. The Hall–Kier alpha value is -1.36. The van der Waals surface area contributed by atoms with Gasteiger partial charge in [0.2, 0.25) is 0 Å². The molecule has 2 aromatic heterocycles. The molecule has 0 atom stereocenters. The van der Waals surface area contributed by atoms with Crippen molar-refractivity contribution < 1.29 is 9.31 Å². The molecule has 0 aromatic carbocycles. The van der Waals surface area contributed by atoms with Gasteiger partial charge in [-0.15, -0.1) is 0 Å². The second kappa shape index (κ2) is 4.57. The molecule has 1 aliphatic heterocycles. The van der Waals surface area contributed by atoms with Crippen LogP contribution in [0.2, 0.25) is 0 Å². The summed E-state index contributed by atoms with van der Waals surface area (Å²) in [6.07, 6.45) is 3.36. The van der Waals surface area contributed by atoms with E-state index < -0.39 is 18.3 Å². The largest absolute Gasteiger partial charge is 0.497 e. The maximum atomic E-state index is 9.27. The fourth-order valence-corrected chi connectivity index (χ4v) is 2.79. The fourth-order valence-electron chi connectivity index (χ4n) is 2.35. The van der Waals surface area contributed by atoms with E-state index in [-0.39, 0.29) is 0 Å². The van der Waals surface area contributed by atoms with Crippen LogP contribution < -0.4 is 5.46 Å². The molecule has 2 aromatic rings. The maximum Gasteiger partial charge on any atom is 0.497 e. The van der Waals surface area contributed by atoms with Gasteiger partial charge in [0, 0.05) is 16.1 Å². The van der Waals surface area contributed by atoms with E-state index >= 15 is 0 Å². The van der Waals surface area contributed by atoms with Gasteiger partial charge in [-0.3, -0.25) is 0 Å². The van der Waals surface area contributed by atoms with E-state index in [1.807, 2.05) is 40.0 Å². The van der Waals surface area contributed by atoms with E-state index in [4.69, 9.17) is 9.31 Å². The first-order chi connectivity index (χ1) is 9.75. The van der Waals surface area contributed by atoms with Crippen LogP contribution in [0.4, 0.5) is 0 Å². The normalized spacial score (nSPS) is 19.9. The molecule has 1 saturated heterocycles. The zero-order valence-corrected chi connectivity index (χ0v) is 13.9. The molecule has 5 nitrogen and oxygen atoms in total. The van der Waals surface area contributed by atoms with Gasteiger partial charge in [0.1, 0.15) is 6.07 Å². The van der Waals surface area contributed by atoms with Gasteiger partial charge in [0.15, 0.2) is 0 Å². The number of nitriles is 1. The summed E-state index contributed by atoms with van der Waals surface area (Å²) in [5, 5.41) is 13.5. The molecule has 1 fully saturated rings. The Balaban J connectivity index is 2.18. The summed E-state index contributed by atoms with van der Waals surface area (Å²) in [7, 11) is -0.529. The third-order valence-corrected chi connectivity index (χ3v) is 4.67. The molecular formula is C14H15BBrN3O2. The zero-order valence-electron chi connectivity index (χ0n) is 12.3. The molecule has 0 radical (unpaired) electrons. The van der Waals surface area contributed by atoms with E-state index in [2.05, 4.69) is 27.1 Å². The van der Waals surface area contributed by atoms with E-state index in [0.29, 0.717) is 5.56 Å². The summed E-state index contributed by atoms with van der Waals surface area (Å²) in [4.78, 5) is 0. The molecule has 1 aliphatic rings. The lowest BCUT2D eigenvalue weighted by molar-refractivity contribution is 0.00578. The SMILES string of the molecule is CC1(C)OB(c2cc(Br)cn3ncc(C#N)c23)OC1(C)C. The molecule has 0 bridgehead atoms. The van der Waals surface area contributed by atoms with Crippen LogP contribution in [0.1, 0.15) is 33.3 Å². The van der Waals surface area contributed by atoms with Crippen LogP contribution in [0.25, 0.3) is 5.52 Å². The first-order valence-electron chi connectivity index (χ1n) is 6.68. The van der Waals surface area contributed by atoms with Crippen molar-refractivity contribution in [2.24, 2.45) is 0 Å². The van der Waals surface area contributed by atoms with Crippen LogP contribution in [0, 0.1) is 11.3 Å². The lowest BCUT2D eigenvalue weighted by Gasteiger charge is -2.32. The summed E-state index contributed by atoms with van der Waals surface area (Å²) >= 11 is 3.46. The molecule has 0 spiro atoms. The zero-order chi connectivity index (χ0) is 15.4.